The number of nitrogens with zero attached hydrogens (tertiary/aromatic N) is 2. The van der Waals surface area contributed by atoms with E-state index in [1.807, 2.05) is 6.20 Å². The van der Waals surface area contributed by atoms with E-state index in [9.17, 15) is 4.79 Å². The van der Waals surface area contributed by atoms with Crippen LogP contribution in [0, 0.1) is 5.92 Å². The summed E-state index contributed by atoms with van der Waals surface area (Å²) in [5, 5.41) is 10.2. The van der Waals surface area contributed by atoms with Crippen molar-refractivity contribution in [2.24, 2.45) is 5.92 Å². The number of amides is 1. The van der Waals surface area contributed by atoms with Gasteiger partial charge in [-0.15, -0.1) is 0 Å². The van der Waals surface area contributed by atoms with Crippen LogP contribution in [0.15, 0.2) is 12.3 Å². The first-order valence-corrected chi connectivity index (χ1v) is 5.83. The minimum atomic E-state index is 0.0481. The van der Waals surface area contributed by atoms with Crippen molar-refractivity contribution in [1.29, 1.82) is 0 Å². The average molecular weight is 238 g/mol. The molecule has 1 aromatic rings. The molecule has 0 aromatic carbocycles. The zero-order valence-corrected chi connectivity index (χ0v) is 9.98. The lowest BCUT2D eigenvalue weighted by Gasteiger charge is -2.07. The molecule has 94 valence electrons. The van der Waals surface area contributed by atoms with E-state index in [0.29, 0.717) is 19.0 Å². The lowest BCUT2D eigenvalue weighted by atomic mass is 10.1. The van der Waals surface area contributed by atoms with Crippen molar-refractivity contribution >= 4 is 11.7 Å². The molecule has 1 fully saturated rings. The van der Waals surface area contributed by atoms with Gasteiger partial charge in [0, 0.05) is 25.9 Å². The first-order valence-electron chi connectivity index (χ1n) is 5.83. The summed E-state index contributed by atoms with van der Waals surface area (Å²) in [4.78, 5) is 11.8. The van der Waals surface area contributed by atoms with Gasteiger partial charge >= 0.3 is 0 Å². The zero-order chi connectivity index (χ0) is 12.1. The molecule has 1 amide bonds. The number of ether oxygens (including phenoxy) is 1. The van der Waals surface area contributed by atoms with Gasteiger partial charge < -0.3 is 15.4 Å². The highest BCUT2D eigenvalue weighted by molar-refractivity contribution is 5.91. The van der Waals surface area contributed by atoms with Crippen LogP contribution in [0.4, 0.5) is 5.82 Å². The smallest absolute Gasteiger partial charge is 0.230 e. The summed E-state index contributed by atoms with van der Waals surface area (Å²) < 4.78 is 6.72. The Labute approximate surface area is 100 Å². The predicted molar refractivity (Wildman–Crippen MR) is 63.7 cm³/mol. The van der Waals surface area contributed by atoms with Gasteiger partial charge in [0.15, 0.2) is 5.82 Å². The first kappa shape index (κ1) is 12.1. The van der Waals surface area contributed by atoms with Gasteiger partial charge in [-0.05, 0) is 13.0 Å². The van der Waals surface area contributed by atoms with Crippen LogP contribution >= 0.6 is 0 Å². The van der Waals surface area contributed by atoms with Crippen molar-refractivity contribution in [1.82, 2.24) is 15.1 Å². The highest BCUT2D eigenvalue weighted by Gasteiger charge is 2.22. The van der Waals surface area contributed by atoms with E-state index in [2.05, 4.69) is 15.7 Å². The Morgan fingerprint density at radius 1 is 1.76 bits per heavy atom. The molecule has 0 aliphatic carbocycles. The minimum Gasteiger partial charge on any atom is -0.383 e. The molecule has 1 aliphatic heterocycles. The van der Waals surface area contributed by atoms with E-state index in [0.717, 1.165) is 19.5 Å². The second kappa shape index (κ2) is 5.79. The normalized spacial score (nSPS) is 19.5. The van der Waals surface area contributed by atoms with E-state index < -0.39 is 0 Å². The zero-order valence-electron chi connectivity index (χ0n) is 9.98. The fraction of sp³-hybridized carbons (Fsp3) is 0.636. The number of rotatable bonds is 5. The second-order valence-corrected chi connectivity index (χ2v) is 4.14. The molecule has 2 rings (SSSR count). The van der Waals surface area contributed by atoms with Crippen LogP contribution < -0.4 is 10.6 Å². The summed E-state index contributed by atoms with van der Waals surface area (Å²) in [6, 6.07) is 1.80. The topological polar surface area (TPSA) is 68.2 Å². The SMILES string of the molecule is COCCn1ccc(NC(=O)C2CCNC2)n1. The third kappa shape index (κ3) is 3.28. The van der Waals surface area contributed by atoms with Crippen molar-refractivity contribution in [3.63, 3.8) is 0 Å². The average Bonchev–Trinajstić information content (AvgIpc) is 2.97. The molecule has 0 bridgehead atoms. The molecular formula is C11H18N4O2. The van der Waals surface area contributed by atoms with E-state index in [1.54, 1.807) is 17.9 Å². The number of nitrogens with one attached hydrogen (secondary N) is 2. The predicted octanol–water partition coefficient (Wildman–Crippen LogP) is 0.0775. The summed E-state index contributed by atoms with van der Waals surface area (Å²) in [6.45, 7) is 2.98. The fourth-order valence-corrected chi connectivity index (χ4v) is 1.84. The van der Waals surface area contributed by atoms with E-state index in [1.165, 1.54) is 0 Å². The maximum Gasteiger partial charge on any atom is 0.230 e. The summed E-state index contributed by atoms with van der Waals surface area (Å²) in [5.74, 6) is 0.726. The number of hydrogen-bond acceptors (Lipinski definition) is 4. The van der Waals surface area contributed by atoms with Crippen molar-refractivity contribution < 1.29 is 9.53 Å². The number of carbonyl (C=O) groups excluding carboxylic acids is 1. The third-order valence-corrected chi connectivity index (χ3v) is 2.85. The molecule has 2 N–H and O–H groups in total. The van der Waals surface area contributed by atoms with Gasteiger partial charge in [-0.25, -0.2) is 0 Å². The molecular weight excluding hydrogens is 220 g/mol. The van der Waals surface area contributed by atoms with Gasteiger partial charge in [-0.1, -0.05) is 0 Å². The quantitative estimate of drug-likeness (QED) is 0.762. The Morgan fingerprint density at radius 3 is 3.35 bits per heavy atom. The maximum absolute atomic E-state index is 11.8. The van der Waals surface area contributed by atoms with Crippen LogP contribution in [0.5, 0.6) is 0 Å². The van der Waals surface area contributed by atoms with Crippen molar-refractivity contribution in [3.05, 3.63) is 12.3 Å². The molecule has 6 heteroatoms. The monoisotopic (exact) mass is 238 g/mol. The molecule has 0 spiro atoms. The number of carbonyl (C=O) groups is 1. The summed E-state index contributed by atoms with van der Waals surface area (Å²) in [5.41, 5.74) is 0. The van der Waals surface area contributed by atoms with Crippen LogP contribution in [0.1, 0.15) is 6.42 Å². The first-order chi connectivity index (χ1) is 8.29. The number of anilines is 1. The Hall–Kier alpha value is -1.40. The molecule has 2 heterocycles. The fourth-order valence-electron chi connectivity index (χ4n) is 1.84. The Bertz CT molecular complexity index is 371. The Kier molecular flexibility index (Phi) is 4.11. The molecule has 1 saturated heterocycles. The van der Waals surface area contributed by atoms with Gasteiger partial charge in [0.05, 0.1) is 19.1 Å². The Balaban J connectivity index is 1.85. The lowest BCUT2D eigenvalue weighted by Crippen LogP contribution is -2.24. The molecule has 1 aliphatic rings. The van der Waals surface area contributed by atoms with E-state index in [4.69, 9.17) is 4.74 Å². The van der Waals surface area contributed by atoms with Gasteiger partial charge in [0.25, 0.3) is 0 Å². The van der Waals surface area contributed by atoms with Crippen LogP contribution in [-0.2, 0) is 16.1 Å². The van der Waals surface area contributed by atoms with Crippen LogP contribution in [0.2, 0.25) is 0 Å². The molecule has 0 saturated carbocycles. The van der Waals surface area contributed by atoms with Crippen molar-refractivity contribution in [2.45, 2.75) is 13.0 Å². The van der Waals surface area contributed by atoms with Gasteiger partial charge in [-0.3, -0.25) is 9.48 Å². The van der Waals surface area contributed by atoms with Gasteiger partial charge in [-0.2, -0.15) is 5.10 Å². The summed E-state index contributed by atoms with van der Waals surface area (Å²) in [7, 11) is 1.65. The highest BCUT2D eigenvalue weighted by Crippen LogP contribution is 2.11. The summed E-state index contributed by atoms with van der Waals surface area (Å²) in [6.07, 6.45) is 2.73. The largest absolute Gasteiger partial charge is 0.383 e. The number of aromatic nitrogens is 2. The number of hydrogen-bond donors (Lipinski definition) is 2. The molecule has 0 radical (unpaired) electrons. The summed E-state index contributed by atoms with van der Waals surface area (Å²) >= 11 is 0. The van der Waals surface area contributed by atoms with Crippen molar-refractivity contribution in [3.8, 4) is 0 Å². The second-order valence-electron chi connectivity index (χ2n) is 4.14. The van der Waals surface area contributed by atoms with Gasteiger partial charge in [0.2, 0.25) is 5.91 Å². The molecule has 1 atom stereocenters. The van der Waals surface area contributed by atoms with Crippen LogP contribution in [0.25, 0.3) is 0 Å². The maximum atomic E-state index is 11.8. The van der Waals surface area contributed by atoms with E-state index in [-0.39, 0.29) is 11.8 Å². The molecule has 6 nitrogen and oxygen atoms in total. The van der Waals surface area contributed by atoms with Crippen LogP contribution in [0.3, 0.4) is 0 Å². The highest BCUT2D eigenvalue weighted by atomic mass is 16.5. The number of methoxy groups -OCH3 is 1. The minimum absolute atomic E-state index is 0.0481. The van der Waals surface area contributed by atoms with Crippen molar-refractivity contribution in [2.75, 3.05) is 32.1 Å². The molecule has 1 aromatic heterocycles. The van der Waals surface area contributed by atoms with E-state index >= 15 is 0 Å². The molecule has 17 heavy (non-hydrogen) atoms. The van der Waals surface area contributed by atoms with Crippen LogP contribution in [-0.4, -0.2) is 42.5 Å². The standard InChI is InChI=1S/C11H18N4O2/c1-17-7-6-15-5-3-10(14-15)13-11(16)9-2-4-12-8-9/h3,5,9,12H,2,4,6-8H2,1H3,(H,13,14,16). The Morgan fingerprint density at radius 2 is 2.65 bits per heavy atom. The van der Waals surface area contributed by atoms with Gasteiger partial charge in [0.1, 0.15) is 0 Å². The molecule has 1 unspecified atom stereocenters. The third-order valence-electron chi connectivity index (χ3n) is 2.85. The lowest BCUT2D eigenvalue weighted by molar-refractivity contribution is -0.119.